The third-order valence-electron chi connectivity index (χ3n) is 3.25. The van der Waals surface area contributed by atoms with Gasteiger partial charge in [-0.2, -0.15) is 4.98 Å². The molecule has 120 valence electrons. The Kier molecular flexibility index (Phi) is 5.57. The second-order valence-corrected chi connectivity index (χ2v) is 5.21. The molecule has 0 aliphatic carbocycles. The van der Waals surface area contributed by atoms with Gasteiger partial charge in [-0.15, -0.1) is 0 Å². The van der Waals surface area contributed by atoms with E-state index in [1.165, 1.54) is 0 Å². The Labute approximate surface area is 129 Å². The number of hydrogen-bond donors (Lipinski definition) is 1. The van der Waals surface area contributed by atoms with E-state index in [1.807, 2.05) is 19.1 Å². The summed E-state index contributed by atoms with van der Waals surface area (Å²) in [6.45, 7) is 6.75. The lowest BCUT2D eigenvalue weighted by Gasteiger charge is -2.23. The highest BCUT2D eigenvalue weighted by Crippen LogP contribution is 2.12. The number of hydrogen-bond acceptors (Lipinski definition) is 5. The monoisotopic (exact) mass is 306 g/mol. The minimum Gasteiger partial charge on any atom is -0.467 e. The van der Waals surface area contributed by atoms with Gasteiger partial charge in [0, 0.05) is 6.54 Å². The van der Waals surface area contributed by atoms with E-state index in [0.717, 1.165) is 18.6 Å². The van der Waals surface area contributed by atoms with Crippen LogP contribution in [0.3, 0.4) is 0 Å². The molecule has 2 aromatic rings. The van der Waals surface area contributed by atoms with Crippen molar-refractivity contribution in [1.82, 2.24) is 20.4 Å². The minimum atomic E-state index is -0.338. The fraction of sp³-hybridized carbons (Fsp3) is 0.533. The molecular formula is C15H22N4O3. The summed E-state index contributed by atoms with van der Waals surface area (Å²) in [6, 6.07) is 3.16. The van der Waals surface area contributed by atoms with Crippen LogP contribution in [0.5, 0.6) is 0 Å². The molecule has 0 aliphatic heterocycles. The van der Waals surface area contributed by atoms with E-state index in [9.17, 15) is 4.79 Å². The number of amides is 2. The lowest BCUT2D eigenvalue weighted by atomic mass is 10.3. The number of nitrogens with one attached hydrogen (secondary N) is 1. The third kappa shape index (κ3) is 4.34. The summed E-state index contributed by atoms with van der Waals surface area (Å²) in [5, 5.41) is 6.61. The van der Waals surface area contributed by atoms with Crippen LogP contribution in [-0.2, 0) is 6.54 Å². The maximum Gasteiger partial charge on any atom is 0.318 e. The zero-order valence-corrected chi connectivity index (χ0v) is 13.2. The van der Waals surface area contributed by atoms with Crippen molar-refractivity contribution in [2.24, 2.45) is 0 Å². The second-order valence-electron chi connectivity index (χ2n) is 5.21. The third-order valence-corrected chi connectivity index (χ3v) is 3.25. The lowest BCUT2D eigenvalue weighted by molar-refractivity contribution is 0.183. The van der Waals surface area contributed by atoms with Crippen LogP contribution in [-0.4, -0.2) is 27.6 Å². The Morgan fingerprint density at radius 3 is 2.91 bits per heavy atom. The Morgan fingerprint density at radius 2 is 2.32 bits per heavy atom. The van der Waals surface area contributed by atoms with Crippen molar-refractivity contribution >= 4 is 6.03 Å². The number of nitrogens with zero attached hydrogens (tertiary/aromatic N) is 3. The molecule has 0 fully saturated rings. The van der Waals surface area contributed by atoms with E-state index in [-0.39, 0.29) is 12.1 Å². The van der Waals surface area contributed by atoms with Crippen LogP contribution in [0.2, 0.25) is 0 Å². The first kappa shape index (κ1) is 16.1. The normalized spacial score (nSPS) is 12.1. The first-order chi connectivity index (χ1) is 10.6. The zero-order chi connectivity index (χ0) is 15.9. The zero-order valence-electron chi connectivity index (χ0n) is 13.2. The Hall–Kier alpha value is -2.31. The molecule has 0 unspecified atom stereocenters. The van der Waals surface area contributed by atoms with Crippen LogP contribution in [0, 0.1) is 6.92 Å². The van der Waals surface area contributed by atoms with Crippen LogP contribution in [0.1, 0.15) is 50.2 Å². The summed E-state index contributed by atoms with van der Waals surface area (Å²) < 4.78 is 10.4. The van der Waals surface area contributed by atoms with Gasteiger partial charge in [-0.1, -0.05) is 18.5 Å². The summed E-state index contributed by atoms with van der Waals surface area (Å²) >= 11 is 0. The average molecular weight is 306 g/mol. The van der Waals surface area contributed by atoms with Crippen LogP contribution in [0.25, 0.3) is 0 Å². The molecule has 0 saturated carbocycles. The van der Waals surface area contributed by atoms with Gasteiger partial charge >= 0.3 is 6.03 Å². The number of unbranched alkanes of at least 4 members (excludes halogenated alkanes) is 1. The molecule has 2 amide bonds. The summed E-state index contributed by atoms with van der Waals surface area (Å²) in [4.78, 5) is 18.3. The SMILES string of the molecule is CCCCN(Cc1ccco1)C(=O)N[C@H](C)c1nc(C)no1. The van der Waals surface area contributed by atoms with Gasteiger partial charge in [0.1, 0.15) is 11.8 Å². The van der Waals surface area contributed by atoms with Crippen LogP contribution < -0.4 is 5.32 Å². The molecule has 0 aliphatic rings. The fourth-order valence-electron chi connectivity index (χ4n) is 2.02. The quantitative estimate of drug-likeness (QED) is 0.850. The second kappa shape index (κ2) is 7.63. The van der Waals surface area contributed by atoms with Gasteiger partial charge in [0.2, 0.25) is 5.89 Å². The number of rotatable bonds is 7. The molecule has 7 heteroatoms. The van der Waals surface area contributed by atoms with E-state index in [0.29, 0.717) is 24.8 Å². The lowest BCUT2D eigenvalue weighted by Crippen LogP contribution is -2.41. The summed E-state index contributed by atoms with van der Waals surface area (Å²) in [5.41, 5.74) is 0. The molecule has 2 aromatic heterocycles. The molecule has 1 atom stereocenters. The molecule has 0 radical (unpaired) electrons. The van der Waals surface area contributed by atoms with Crippen molar-refractivity contribution in [2.75, 3.05) is 6.54 Å². The topological polar surface area (TPSA) is 84.4 Å². The number of aromatic nitrogens is 2. The molecule has 22 heavy (non-hydrogen) atoms. The molecule has 0 bridgehead atoms. The summed E-state index contributed by atoms with van der Waals surface area (Å²) in [6.07, 6.45) is 3.55. The minimum absolute atomic E-state index is 0.173. The summed E-state index contributed by atoms with van der Waals surface area (Å²) in [7, 11) is 0. The van der Waals surface area contributed by atoms with Crippen LogP contribution in [0.15, 0.2) is 27.3 Å². The largest absolute Gasteiger partial charge is 0.467 e. The van der Waals surface area contributed by atoms with E-state index in [4.69, 9.17) is 8.94 Å². The Bertz CT molecular complexity index is 579. The van der Waals surface area contributed by atoms with E-state index >= 15 is 0 Å². The number of carbonyl (C=O) groups is 1. The fourth-order valence-corrected chi connectivity index (χ4v) is 2.02. The predicted octanol–water partition coefficient (Wildman–Crippen LogP) is 3.04. The molecule has 2 rings (SSSR count). The van der Waals surface area contributed by atoms with Gasteiger partial charge in [-0.05, 0) is 32.4 Å². The Morgan fingerprint density at radius 1 is 1.50 bits per heavy atom. The highest BCUT2D eigenvalue weighted by atomic mass is 16.5. The van der Waals surface area contributed by atoms with Gasteiger partial charge in [0.05, 0.1) is 12.8 Å². The average Bonchev–Trinajstić information content (AvgIpc) is 3.14. The molecule has 0 aromatic carbocycles. The highest BCUT2D eigenvalue weighted by molar-refractivity contribution is 5.74. The number of furan rings is 1. The van der Waals surface area contributed by atoms with Crippen LogP contribution >= 0.6 is 0 Å². The Balaban J connectivity index is 1.98. The van der Waals surface area contributed by atoms with Gasteiger partial charge in [-0.25, -0.2) is 4.79 Å². The molecule has 7 nitrogen and oxygen atoms in total. The van der Waals surface area contributed by atoms with Crippen molar-refractivity contribution < 1.29 is 13.7 Å². The van der Waals surface area contributed by atoms with Gasteiger partial charge in [-0.3, -0.25) is 0 Å². The highest BCUT2D eigenvalue weighted by Gasteiger charge is 2.20. The van der Waals surface area contributed by atoms with Gasteiger partial charge in [0.15, 0.2) is 5.82 Å². The van der Waals surface area contributed by atoms with Gasteiger partial charge in [0.25, 0.3) is 0 Å². The molecule has 2 heterocycles. The smallest absolute Gasteiger partial charge is 0.318 e. The predicted molar refractivity (Wildman–Crippen MR) is 80.0 cm³/mol. The van der Waals surface area contributed by atoms with E-state index in [1.54, 1.807) is 18.1 Å². The molecular weight excluding hydrogens is 284 g/mol. The molecule has 1 N–H and O–H groups in total. The van der Waals surface area contributed by atoms with E-state index in [2.05, 4.69) is 22.4 Å². The maximum absolute atomic E-state index is 12.4. The van der Waals surface area contributed by atoms with Crippen molar-refractivity contribution in [1.29, 1.82) is 0 Å². The van der Waals surface area contributed by atoms with E-state index < -0.39 is 0 Å². The van der Waals surface area contributed by atoms with Crippen LogP contribution in [0.4, 0.5) is 4.79 Å². The van der Waals surface area contributed by atoms with Crippen molar-refractivity contribution in [3.63, 3.8) is 0 Å². The van der Waals surface area contributed by atoms with Crippen molar-refractivity contribution in [3.8, 4) is 0 Å². The number of aryl methyl sites for hydroxylation is 1. The first-order valence-electron chi connectivity index (χ1n) is 7.48. The first-order valence-corrected chi connectivity index (χ1v) is 7.48. The molecule has 0 saturated heterocycles. The maximum atomic E-state index is 12.4. The number of carbonyl (C=O) groups excluding carboxylic acids is 1. The molecule has 0 spiro atoms. The number of urea groups is 1. The van der Waals surface area contributed by atoms with Gasteiger partial charge < -0.3 is 19.2 Å². The summed E-state index contributed by atoms with van der Waals surface area (Å²) in [5.74, 6) is 1.71. The van der Waals surface area contributed by atoms with Crippen molar-refractivity contribution in [3.05, 3.63) is 35.9 Å². The van der Waals surface area contributed by atoms with Crippen molar-refractivity contribution in [2.45, 2.75) is 46.2 Å². The standard InChI is InChI=1S/C15H22N4O3/c1-4-5-8-19(10-13-7-6-9-21-13)15(20)16-11(2)14-17-12(3)18-22-14/h6-7,9,11H,4-5,8,10H2,1-3H3,(H,16,20)/t11-/m1/s1.